The lowest BCUT2D eigenvalue weighted by molar-refractivity contribution is 0.671. The van der Waals surface area contributed by atoms with E-state index in [4.69, 9.17) is 4.98 Å². The van der Waals surface area contributed by atoms with Crippen LogP contribution in [0.3, 0.4) is 0 Å². The lowest BCUT2D eigenvalue weighted by Crippen LogP contribution is -2.19. The van der Waals surface area contributed by atoms with Crippen LogP contribution in [-0.2, 0) is 6.54 Å². The van der Waals surface area contributed by atoms with Gasteiger partial charge in [-0.1, -0.05) is 31.2 Å². The van der Waals surface area contributed by atoms with Crippen molar-refractivity contribution in [1.29, 1.82) is 0 Å². The minimum Gasteiger partial charge on any atom is -0.327 e. The molecule has 3 nitrogen and oxygen atoms in total. The third-order valence-corrected chi connectivity index (χ3v) is 3.58. The van der Waals surface area contributed by atoms with Crippen molar-refractivity contribution in [3.63, 3.8) is 0 Å². The predicted molar refractivity (Wildman–Crippen MR) is 90.1 cm³/mol. The van der Waals surface area contributed by atoms with Gasteiger partial charge in [0.05, 0.1) is 0 Å². The molecule has 0 aliphatic heterocycles. The highest BCUT2D eigenvalue weighted by molar-refractivity contribution is 5.60. The van der Waals surface area contributed by atoms with Gasteiger partial charge in [-0.05, 0) is 50.6 Å². The normalized spacial score (nSPS) is 10.6. The van der Waals surface area contributed by atoms with E-state index in [2.05, 4.69) is 67.4 Å². The number of pyridine rings is 1. The van der Waals surface area contributed by atoms with Crippen LogP contribution in [0.5, 0.6) is 0 Å². The van der Waals surface area contributed by atoms with Gasteiger partial charge in [-0.3, -0.25) is 0 Å². The van der Waals surface area contributed by atoms with E-state index < -0.39 is 0 Å². The molecule has 0 amide bonds. The Hall–Kier alpha value is -1.87. The van der Waals surface area contributed by atoms with Crippen LogP contribution < -0.4 is 10.2 Å². The first kappa shape index (κ1) is 15.5. The smallest absolute Gasteiger partial charge is 0.133 e. The number of rotatable bonds is 7. The Balaban J connectivity index is 2.18. The van der Waals surface area contributed by atoms with Gasteiger partial charge in [0.15, 0.2) is 0 Å². The zero-order valence-electron chi connectivity index (χ0n) is 13.3. The standard InChI is InChI=1S/C18H25N3/c1-4-13-19-14-16-11-12-18(20-15(16)3)21(5-2)17-9-7-6-8-10-17/h6-12,19H,4-5,13-14H2,1-3H3. The molecule has 0 aliphatic carbocycles. The Kier molecular flexibility index (Phi) is 5.76. The fraction of sp³-hybridized carbons (Fsp3) is 0.389. The maximum Gasteiger partial charge on any atom is 0.133 e. The average molecular weight is 283 g/mol. The predicted octanol–water partition coefficient (Wildman–Crippen LogP) is 4.05. The van der Waals surface area contributed by atoms with Gasteiger partial charge in [-0.15, -0.1) is 0 Å². The van der Waals surface area contributed by atoms with Crippen LogP contribution in [0.4, 0.5) is 11.5 Å². The first-order valence-electron chi connectivity index (χ1n) is 7.76. The van der Waals surface area contributed by atoms with E-state index in [0.29, 0.717) is 0 Å². The van der Waals surface area contributed by atoms with Crippen LogP contribution in [0.1, 0.15) is 31.5 Å². The highest BCUT2D eigenvalue weighted by Gasteiger charge is 2.09. The molecule has 1 N–H and O–H groups in total. The number of aromatic nitrogens is 1. The van der Waals surface area contributed by atoms with E-state index >= 15 is 0 Å². The van der Waals surface area contributed by atoms with E-state index in [-0.39, 0.29) is 0 Å². The zero-order chi connectivity index (χ0) is 15.1. The van der Waals surface area contributed by atoms with Crippen molar-refractivity contribution in [3.05, 3.63) is 53.7 Å². The molecular weight excluding hydrogens is 258 g/mol. The molecule has 2 rings (SSSR count). The molecule has 112 valence electrons. The van der Waals surface area contributed by atoms with Gasteiger partial charge in [0.1, 0.15) is 5.82 Å². The molecule has 0 fully saturated rings. The highest BCUT2D eigenvalue weighted by Crippen LogP contribution is 2.24. The van der Waals surface area contributed by atoms with E-state index in [0.717, 1.165) is 37.6 Å². The summed E-state index contributed by atoms with van der Waals surface area (Å²) in [5.41, 5.74) is 3.56. The Morgan fingerprint density at radius 2 is 1.81 bits per heavy atom. The van der Waals surface area contributed by atoms with E-state index in [1.165, 1.54) is 11.3 Å². The Labute approximate surface area is 128 Å². The van der Waals surface area contributed by atoms with Gasteiger partial charge in [0.25, 0.3) is 0 Å². The van der Waals surface area contributed by atoms with Crippen LogP contribution in [0.2, 0.25) is 0 Å². The van der Waals surface area contributed by atoms with Gasteiger partial charge in [0, 0.05) is 24.5 Å². The maximum absolute atomic E-state index is 4.79. The molecular formula is C18H25N3. The summed E-state index contributed by atoms with van der Waals surface area (Å²) in [6.45, 7) is 9.27. The summed E-state index contributed by atoms with van der Waals surface area (Å²) in [6, 6.07) is 14.7. The van der Waals surface area contributed by atoms with Gasteiger partial charge in [-0.2, -0.15) is 0 Å². The third kappa shape index (κ3) is 4.05. The van der Waals surface area contributed by atoms with Crippen LogP contribution >= 0.6 is 0 Å². The number of para-hydroxylation sites is 1. The van der Waals surface area contributed by atoms with Crippen molar-refractivity contribution in [1.82, 2.24) is 10.3 Å². The van der Waals surface area contributed by atoms with Crippen LogP contribution in [0.15, 0.2) is 42.5 Å². The fourth-order valence-electron chi connectivity index (χ4n) is 2.40. The summed E-state index contributed by atoms with van der Waals surface area (Å²) < 4.78 is 0. The summed E-state index contributed by atoms with van der Waals surface area (Å²) in [5.74, 6) is 1.01. The first-order chi connectivity index (χ1) is 10.3. The molecule has 0 unspecified atom stereocenters. The van der Waals surface area contributed by atoms with Crippen LogP contribution in [-0.4, -0.2) is 18.1 Å². The largest absolute Gasteiger partial charge is 0.327 e. The third-order valence-electron chi connectivity index (χ3n) is 3.58. The SMILES string of the molecule is CCCNCc1ccc(N(CC)c2ccccc2)nc1C. The summed E-state index contributed by atoms with van der Waals surface area (Å²) in [6.07, 6.45) is 1.15. The summed E-state index contributed by atoms with van der Waals surface area (Å²) >= 11 is 0. The molecule has 0 radical (unpaired) electrons. The molecule has 0 bridgehead atoms. The number of benzene rings is 1. The van der Waals surface area contributed by atoms with Crippen molar-refractivity contribution >= 4 is 11.5 Å². The molecule has 0 saturated carbocycles. The van der Waals surface area contributed by atoms with E-state index in [1.54, 1.807) is 0 Å². The molecule has 3 heteroatoms. The number of hydrogen-bond donors (Lipinski definition) is 1. The number of aryl methyl sites for hydroxylation is 1. The number of nitrogens with one attached hydrogen (secondary N) is 1. The van der Waals surface area contributed by atoms with Gasteiger partial charge < -0.3 is 10.2 Å². The van der Waals surface area contributed by atoms with Gasteiger partial charge in [0.2, 0.25) is 0 Å². The second-order valence-corrected chi connectivity index (χ2v) is 5.17. The molecule has 0 spiro atoms. The average Bonchev–Trinajstić information content (AvgIpc) is 2.51. The monoisotopic (exact) mass is 283 g/mol. The Morgan fingerprint density at radius 3 is 2.43 bits per heavy atom. The van der Waals surface area contributed by atoms with Gasteiger partial charge in [-0.25, -0.2) is 4.98 Å². The maximum atomic E-state index is 4.79. The lowest BCUT2D eigenvalue weighted by Gasteiger charge is -2.23. The van der Waals surface area contributed by atoms with Crippen molar-refractivity contribution in [2.75, 3.05) is 18.0 Å². The lowest BCUT2D eigenvalue weighted by atomic mass is 10.2. The summed E-state index contributed by atoms with van der Waals surface area (Å²) in [5, 5.41) is 3.43. The quantitative estimate of drug-likeness (QED) is 0.777. The molecule has 0 saturated heterocycles. The summed E-state index contributed by atoms with van der Waals surface area (Å²) in [4.78, 5) is 7.02. The van der Waals surface area contributed by atoms with E-state index in [9.17, 15) is 0 Å². The van der Waals surface area contributed by atoms with Crippen LogP contribution in [0, 0.1) is 6.92 Å². The molecule has 21 heavy (non-hydrogen) atoms. The molecule has 1 heterocycles. The zero-order valence-corrected chi connectivity index (χ0v) is 13.3. The fourth-order valence-corrected chi connectivity index (χ4v) is 2.40. The molecule has 1 aromatic heterocycles. The number of hydrogen-bond acceptors (Lipinski definition) is 3. The van der Waals surface area contributed by atoms with Gasteiger partial charge >= 0.3 is 0 Å². The summed E-state index contributed by atoms with van der Waals surface area (Å²) in [7, 11) is 0. The minimum absolute atomic E-state index is 0.893. The topological polar surface area (TPSA) is 28.2 Å². The minimum atomic E-state index is 0.893. The Bertz CT molecular complexity index is 552. The Morgan fingerprint density at radius 1 is 1.05 bits per heavy atom. The van der Waals surface area contributed by atoms with Crippen molar-refractivity contribution in [3.8, 4) is 0 Å². The molecule has 2 aromatic rings. The number of anilines is 2. The molecule has 0 atom stereocenters. The second-order valence-electron chi connectivity index (χ2n) is 5.17. The molecule has 0 aliphatic rings. The van der Waals surface area contributed by atoms with Crippen molar-refractivity contribution in [2.24, 2.45) is 0 Å². The second kappa shape index (κ2) is 7.79. The molecule has 1 aromatic carbocycles. The first-order valence-corrected chi connectivity index (χ1v) is 7.76. The van der Waals surface area contributed by atoms with E-state index in [1.807, 2.05) is 6.07 Å². The van der Waals surface area contributed by atoms with Crippen molar-refractivity contribution < 1.29 is 0 Å². The van der Waals surface area contributed by atoms with Crippen LogP contribution in [0.25, 0.3) is 0 Å². The van der Waals surface area contributed by atoms with Crippen molar-refractivity contribution in [2.45, 2.75) is 33.7 Å². The number of nitrogens with zero attached hydrogens (tertiary/aromatic N) is 2. The highest BCUT2D eigenvalue weighted by atomic mass is 15.2.